The number of hydrogen-bond donors (Lipinski definition) is 1. The Labute approximate surface area is 91.5 Å². The molecule has 0 saturated carbocycles. The van der Waals surface area contributed by atoms with Gasteiger partial charge < -0.3 is 0 Å². The van der Waals surface area contributed by atoms with Gasteiger partial charge in [-0.05, 0) is 25.2 Å². The molecule has 0 radical (unpaired) electrons. The number of halogens is 2. The lowest BCUT2D eigenvalue weighted by Gasteiger charge is -2.13. The highest BCUT2D eigenvalue weighted by atomic mass is 79.9. The van der Waals surface area contributed by atoms with Crippen LogP contribution in [-0.4, -0.2) is 17.8 Å². The monoisotopic (exact) mass is 263 g/mol. The van der Waals surface area contributed by atoms with Gasteiger partial charge in [0.2, 0.25) is 0 Å². The minimum absolute atomic E-state index is 0.170. The molecule has 0 atom stereocenters. The Morgan fingerprint density at radius 1 is 1.54 bits per heavy atom. The summed E-state index contributed by atoms with van der Waals surface area (Å²) in [6.07, 6.45) is 0. The Hall–Kier alpha value is -0.0600. The second-order valence-corrected chi connectivity index (χ2v) is 4.09. The van der Waals surface area contributed by atoms with E-state index in [2.05, 4.69) is 28.6 Å². The van der Waals surface area contributed by atoms with Gasteiger partial charge in [0, 0.05) is 22.5 Å². The molecular weight excluding hydrogens is 253 g/mol. The molecule has 0 aliphatic rings. The molecule has 0 unspecified atom stereocenters. The van der Waals surface area contributed by atoms with Crippen molar-refractivity contribution in [2.45, 2.75) is 6.54 Å². The molecule has 72 valence electrons. The summed E-state index contributed by atoms with van der Waals surface area (Å²) in [4.78, 5) is 1.92. The van der Waals surface area contributed by atoms with Crippen molar-refractivity contribution in [3.8, 4) is 0 Å². The second-order valence-electron chi connectivity index (χ2n) is 2.89. The summed E-state index contributed by atoms with van der Waals surface area (Å²) >= 11 is 7.40. The first-order chi connectivity index (χ1) is 6.13. The van der Waals surface area contributed by atoms with Crippen LogP contribution in [-0.2, 0) is 6.54 Å². The first kappa shape index (κ1) is 11.0. The number of rotatable bonds is 3. The predicted molar refractivity (Wildman–Crippen MR) is 59.4 cm³/mol. The van der Waals surface area contributed by atoms with Crippen molar-refractivity contribution < 1.29 is 4.39 Å². The van der Waals surface area contributed by atoms with Crippen molar-refractivity contribution in [1.29, 1.82) is 0 Å². The quantitative estimate of drug-likeness (QED) is 0.649. The first-order valence-electron chi connectivity index (χ1n) is 3.87. The van der Waals surface area contributed by atoms with E-state index in [1.54, 1.807) is 12.1 Å². The maximum Gasteiger partial charge on any atom is 0.127 e. The molecule has 0 aromatic heterocycles. The average Bonchev–Trinajstić information content (AvgIpc) is 2.11. The van der Waals surface area contributed by atoms with Crippen molar-refractivity contribution in [2.75, 3.05) is 12.9 Å². The smallest absolute Gasteiger partial charge is 0.127 e. The fraction of sp³-hybridized carbons (Fsp3) is 0.333. The van der Waals surface area contributed by atoms with Gasteiger partial charge in [0.05, 0.1) is 0 Å². The van der Waals surface area contributed by atoms with E-state index in [0.717, 1.165) is 4.47 Å². The van der Waals surface area contributed by atoms with Gasteiger partial charge >= 0.3 is 0 Å². The van der Waals surface area contributed by atoms with Gasteiger partial charge in [0.15, 0.2) is 0 Å². The van der Waals surface area contributed by atoms with E-state index in [0.29, 0.717) is 18.0 Å². The van der Waals surface area contributed by atoms with Crippen molar-refractivity contribution in [1.82, 2.24) is 4.90 Å². The van der Waals surface area contributed by atoms with E-state index in [9.17, 15) is 4.39 Å². The number of nitrogens with zero attached hydrogens (tertiary/aromatic N) is 1. The molecule has 4 heteroatoms. The minimum Gasteiger partial charge on any atom is -0.293 e. The first-order valence-corrected chi connectivity index (χ1v) is 5.29. The van der Waals surface area contributed by atoms with Crippen molar-refractivity contribution in [3.05, 3.63) is 34.1 Å². The third kappa shape index (κ3) is 3.29. The normalized spacial score (nSPS) is 10.8. The summed E-state index contributed by atoms with van der Waals surface area (Å²) in [6, 6.07) is 4.95. The zero-order valence-corrected chi connectivity index (χ0v) is 9.78. The van der Waals surface area contributed by atoms with E-state index < -0.39 is 0 Å². The topological polar surface area (TPSA) is 3.24 Å². The molecule has 0 saturated heterocycles. The highest BCUT2D eigenvalue weighted by Crippen LogP contribution is 2.16. The van der Waals surface area contributed by atoms with Gasteiger partial charge in [0.1, 0.15) is 5.82 Å². The summed E-state index contributed by atoms with van der Waals surface area (Å²) in [6.45, 7) is 0.578. The summed E-state index contributed by atoms with van der Waals surface area (Å²) < 4.78 is 14.1. The van der Waals surface area contributed by atoms with E-state index in [-0.39, 0.29) is 5.82 Å². The van der Waals surface area contributed by atoms with Gasteiger partial charge in [-0.25, -0.2) is 4.39 Å². The fourth-order valence-corrected chi connectivity index (χ4v) is 1.51. The molecule has 0 heterocycles. The van der Waals surface area contributed by atoms with Gasteiger partial charge in [-0.1, -0.05) is 15.9 Å². The summed E-state index contributed by atoms with van der Waals surface area (Å²) in [7, 11) is 1.90. The zero-order valence-electron chi connectivity index (χ0n) is 7.30. The van der Waals surface area contributed by atoms with Crippen LogP contribution in [0, 0.1) is 5.82 Å². The van der Waals surface area contributed by atoms with Crippen molar-refractivity contribution in [2.24, 2.45) is 0 Å². The molecule has 0 N–H and O–H groups in total. The Kier molecular flexibility index (Phi) is 4.22. The van der Waals surface area contributed by atoms with Crippen LogP contribution < -0.4 is 0 Å². The Morgan fingerprint density at radius 2 is 2.23 bits per heavy atom. The van der Waals surface area contributed by atoms with Gasteiger partial charge in [0.25, 0.3) is 0 Å². The molecule has 0 bridgehead atoms. The van der Waals surface area contributed by atoms with Gasteiger partial charge in [-0.15, -0.1) is 0 Å². The third-order valence-corrected chi connectivity index (χ3v) is 2.67. The standard InChI is InChI=1S/C9H11BrFNS/c1-12(6-13)5-7-4-8(10)2-3-9(7)11/h2-4,13H,5-6H2,1H3. The maximum atomic E-state index is 13.2. The van der Waals surface area contributed by atoms with Crippen LogP contribution in [0.5, 0.6) is 0 Å². The largest absolute Gasteiger partial charge is 0.293 e. The van der Waals surface area contributed by atoms with E-state index in [1.807, 2.05) is 11.9 Å². The molecular formula is C9H11BrFNS. The second kappa shape index (κ2) is 4.98. The van der Waals surface area contributed by atoms with Crippen LogP contribution in [0.15, 0.2) is 22.7 Å². The SMILES string of the molecule is CN(CS)Cc1cc(Br)ccc1F. The lowest BCUT2D eigenvalue weighted by Crippen LogP contribution is -2.16. The van der Waals surface area contributed by atoms with Crippen LogP contribution in [0.3, 0.4) is 0 Å². The highest BCUT2D eigenvalue weighted by molar-refractivity contribution is 9.10. The molecule has 0 spiro atoms. The Bertz CT molecular complexity index is 293. The summed E-state index contributed by atoms with van der Waals surface area (Å²) in [5.41, 5.74) is 0.686. The molecule has 1 aromatic carbocycles. The number of thiol groups is 1. The Balaban J connectivity index is 2.81. The van der Waals surface area contributed by atoms with Crippen LogP contribution in [0.2, 0.25) is 0 Å². The molecule has 13 heavy (non-hydrogen) atoms. The predicted octanol–water partition coefficient (Wildman–Crippen LogP) is 2.91. The summed E-state index contributed by atoms with van der Waals surface area (Å²) in [5, 5.41) is 0. The molecule has 0 fully saturated rings. The Morgan fingerprint density at radius 3 is 2.85 bits per heavy atom. The van der Waals surface area contributed by atoms with Crippen LogP contribution in [0.1, 0.15) is 5.56 Å². The average molecular weight is 264 g/mol. The van der Waals surface area contributed by atoms with Gasteiger partial charge in [-0.3, -0.25) is 4.90 Å². The molecule has 1 rings (SSSR count). The minimum atomic E-state index is -0.170. The van der Waals surface area contributed by atoms with Crippen molar-refractivity contribution in [3.63, 3.8) is 0 Å². The number of hydrogen-bond acceptors (Lipinski definition) is 2. The highest BCUT2D eigenvalue weighted by Gasteiger charge is 2.04. The number of benzene rings is 1. The van der Waals surface area contributed by atoms with Crippen LogP contribution in [0.25, 0.3) is 0 Å². The molecule has 0 aliphatic heterocycles. The lowest BCUT2D eigenvalue weighted by atomic mass is 10.2. The molecule has 0 amide bonds. The lowest BCUT2D eigenvalue weighted by molar-refractivity contribution is 0.378. The fourth-order valence-electron chi connectivity index (χ4n) is 1.01. The maximum absolute atomic E-state index is 13.2. The molecule has 1 aromatic rings. The molecule has 0 aliphatic carbocycles. The van der Waals surface area contributed by atoms with Crippen molar-refractivity contribution >= 4 is 28.6 Å². The van der Waals surface area contributed by atoms with Gasteiger partial charge in [-0.2, -0.15) is 12.6 Å². The van der Waals surface area contributed by atoms with E-state index in [1.165, 1.54) is 6.07 Å². The van der Waals surface area contributed by atoms with E-state index in [4.69, 9.17) is 0 Å². The molecule has 1 nitrogen and oxygen atoms in total. The van der Waals surface area contributed by atoms with Crippen LogP contribution >= 0.6 is 28.6 Å². The third-order valence-electron chi connectivity index (χ3n) is 1.69. The zero-order chi connectivity index (χ0) is 9.84. The van der Waals surface area contributed by atoms with Crippen LogP contribution in [0.4, 0.5) is 4.39 Å². The van der Waals surface area contributed by atoms with E-state index >= 15 is 0 Å². The summed E-state index contributed by atoms with van der Waals surface area (Å²) in [5.74, 6) is 0.447.